The van der Waals surface area contributed by atoms with Gasteiger partial charge in [0.15, 0.2) is 0 Å². The molecule has 3 rings (SSSR count). The maximum atomic E-state index is 12.8. The monoisotopic (exact) mass is 416 g/mol. The average molecular weight is 416 g/mol. The number of nitrogens with zero attached hydrogens (tertiary/aromatic N) is 2. The number of hydrogen-bond donors (Lipinski definition) is 0. The van der Waals surface area contributed by atoms with Gasteiger partial charge in [-0.3, -0.25) is 4.79 Å². The van der Waals surface area contributed by atoms with Gasteiger partial charge in [-0.1, -0.05) is 18.2 Å². The Morgan fingerprint density at radius 3 is 2.21 bits per heavy atom. The predicted molar refractivity (Wildman–Crippen MR) is 110 cm³/mol. The van der Waals surface area contributed by atoms with Crippen LogP contribution in [-0.2, 0) is 14.8 Å². The highest BCUT2D eigenvalue weighted by atomic mass is 32.2. The molecule has 7 nitrogen and oxygen atoms in total. The van der Waals surface area contributed by atoms with E-state index in [1.54, 1.807) is 30.2 Å². The number of carbonyl (C=O) groups excluding carboxylic acids is 1. The summed E-state index contributed by atoms with van der Waals surface area (Å²) in [5.41, 5.74) is 0.809. The van der Waals surface area contributed by atoms with Gasteiger partial charge in [-0.2, -0.15) is 4.31 Å². The largest absolute Gasteiger partial charge is 0.497 e. The second-order valence-electron chi connectivity index (χ2n) is 6.48. The van der Waals surface area contributed by atoms with Crippen molar-refractivity contribution in [3.8, 4) is 11.5 Å². The molecule has 0 saturated carbocycles. The smallest absolute Gasteiger partial charge is 0.246 e. The van der Waals surface area contributed by atoms with E-state index in [1.165, 1.54) is 29.6 Å². The van der Waals surface area contributed by atoms with Crippen LogP contribution in [0.5, 0.6) is 11.5 Å². The fourth-order valence-electron chi connectivity index (χ4n) is 3.12. The summed E-state index contributed by atoms with van der Waals surface area (Å²) in [6, 6.07) is 13.7. The lowest BCUT2D eigenvalue weighted by Crippen LogP contribution is -2.50. The van der Waals surface area contributed by atoms with Crippen molar-refractivity contribution in [2.24, 2.45) is 0 Å². The predicted octanol–water partition coefficient (Wildman–Crippen LogP) is 2.25. The molecule has 29 heavy (non-hydrogen) atoms. The summed E-state index contributed by atoms with van der Waals surface area (Å²) in [6.07, 6.45) is 3.20. The number of piperazine rings is 1. The molecule has 0 aromatic heterocycles. The van der Waals surface area contributed by atoms with Crippen LogP contribution in [0.2, 0.25) is 0 Å². The molecule has 2 aromatic rings. The van der Waals surface area contributed by atoms with Gasteiger partial charge in [0.25, 0.3) is 0 Å². The molecule has 2 aromatic carbocycles. The second-order valence-corrected chi connectivity index (χ2v) is 8.42. The third kappa shape index (κ3) is 4.78. The molecule has 1 amide bonds. The Bertz CT molecular complexity index is 978. The van der Waals surface area contributed by atoms with Crippen molar-refractivity contribution in [3.05, 3.63) is 60.2 Å². The van der Waals surface area contributed by atoms with Crippen molar-refractivity contribution < 1.29 is 22.7 Å². The van der Waals surface area contributed by atoms with E-state index in [0.29, 0.717) is 24.6 Å². The Balaban J connectivity index is 1.62. The minimum Gasteiger partial charge on any atom is -0.497 e. The summed E-state index contributed by atoms with van der Waals surface area (Å²) in [5, 5.41) is 0. The number of benzene rings is 2. The molecular formula is C21H24N2O5S. The molecule has 0 unspecified atom stereocenters. The molecule has 0 radical (unpaired) electrons. The number of hydrogen-bond acceptors (Lipinski definition) is 5. The molecule has 1 saturated heterocycles. The SMILES string of the molecule is COc1ccc(S(=O)(=O)N2CCN(C(=O)/C=C/c3ccccc3OC)CC2)cc1. The van der Waals surface area contributed by atoms with Crippen LogP contribution in [0.15, 0.2) is 59.5 Å². The topological polar surface area (TPSA) is 76.2 Å². The number of rotatable bonds is 6. The first-order valence-electron chi connectivity index (χ1n) is 9.20. The molecule has 1 fully saturated rings. The Kier molecular flexibility index (Phi) is 6.56. The lowest BCUT2D eigenvalue weighted by molar-refractivity contribution is -0.127. The van der Waals surface area contributed by atoms with Crippen LogP contribution < -0.4 is 9.47 Å². The number of para-hydroxylation sites is 1. The lowest BCUT2D eigenvalue weighted by Gasteiger charge is -2.33. The zero-order valence-corrected chi connectivity index (χ0v) is 17.3. The van der Waals surface area contributed by atoms with E-state index < -0.39 is 10.0 Å². The molecule has 0 bridgehead atoms. The Morgan fingerprint density at radius 1 is 0.931 bits per heavy atom. The van der Waals surface area contributed by atoms with Crippen molar-refractivity contribution in [2.45, 2.75) is 4.90 Å². The van der Waals surface area contributed by atoms with Crippen molar-refractivity contribution in [1.82, 2.24) is 9.21 Å². The zero-order valence-electron chi connectivity index (χ0n) is 16.4. The van der Waals surface area contributed by atoms with Gasteiger partial charge in [-0.25, -0.2) is 8.42 Å². The summed E-state index contributed by atoms with van der Waals surface area (Å²) in [7, 11) is -0.485. The number of sulfonamides is 1. The first kappa shape index (κ1) is 20.9. The fourth-order valence-corrected chi connectivity index (χ4v) is 4.54. The van der Waals surface area contributed by atoms with Gasteiger partial charge in [0.2, 0.25) is 15.9 Å². The van der Waals surface area contributed by atoms with Crippen LogP contribution in [-0.4, -0.2) is 63.9 Å². The van der Waals surface area contributed by atoms with Crippen LogP contribution >= 0.6 is 0 Å². The molecule has 1 aliphatic rings. The average Bonchev–Trinajstić information content (AvgIpc) is 2.77. The molecule has 0 N–H and O–H groups in total. The Morgan fingerprint density at radius 2 is 1.59 bits per heavy atom. The minimum atomic E-state index is -3.60. The summed E-state index contributed by atoms with van der Waals surface area (Å²) in [5.74, 6) is 1.13. The molecule has 1 aliphatic heterocycles. The highest BCUT2D eigenvalue weighted by Gasteiger charge is 2.29. The van der Waals surface area contributed by atoms with Gasteiger partial charge in [0.1, 0.15) is 11.5 Å². The van der Waals surface area contributed by atoms with Gasteiger partial charge in [-0.15, -0.1) is 0 Å². The van der Waals surface area contributed by atoms with Crippen LogP contribution in [0.25, 0.3) is 6.08 Å². The van der Waals surface area contributed by atoms with Crippen LogP contribution in [0.1, 0.15) is 5.56 Å². The van der Waals surface area contributed by atoms with E-state index in [2.05, 4.69) is 0 Å². The standard InChI is InChI=1S/C21H24N2O5S/c1-27-18-8-10-19(11-9-18)29(25,26)23-15-13-22(14-16-23)21(24)12-7-17-5-3-4-6-20(17)28-2/h3-12H,13-16H2,1-2H3/b12-7+. The second kappa shape index (κ2) is 9.11. The Labute approximate surface area is 171 Å². The molecular weight excluding hydrogens is 392 g/mol. The maximum absolute atomic E-state index is 12.8. The number of amides is 1. The van der Waals surface area contributed by atoms with E-state index in [4.69, 9.17) is 9.47 Å². The molecule has 0 aliphatic carbocycles. The highest BCUT2D eigenvalue weighted by Crippen LogP contribution is 2.21. The minimum absolute atomic E-state index is 0.155. The molecule has 1 heterocycles. The summed E-state index contributed by atoms with van der Waals surface area (Å²) in [4.78, 5) is 14.3. The van der Waals surface area contributed by atoms with Gasteiger partial charge in [-0.05, 0) is 36.4 Å². The van der Waals surface area contributed by atoms with Crippen LogP contribution in [0.4, 0.5) is 0 Å². The number of ether oxygens (including phenoxy) is 2. The van der Waals surface area contributed by atoms with E-state index in [9.17, 15) is 13.2 Å². The van der Waals surface area contributed by atoms with E-state index in [0.717, 1.165) is 5.56 Å². The summed E-state index contributed by atoms with van der Waals surface area (Å²) < 4.78 is 37.3. The van der Waals surface area contributed by atoms with E-state index in [1.807, 2.05) is 24.3 Å². The first-order chi connectivity index (χ1) is 14.0. The lowest BCUT2D eigenvalue weighted by atomic mass is 10.2. The van der Waals surface area contributed by atoms with E-state index in [-0.39, 0.29) is 23.9 Å². The quantitative estimate of drug-likeness (QED) is 0.675. The van der Waals surface area contributed by atoms with E-state index >= 15 is 0 Å². The molecule has 154 valence electrons. The number of carbonyl (C=O) groups is 1. The van der Waals surface area contributed by atoms with Crippen molar-refractivity contribution in [1.29, 1.82) is 0 Å². The fraction of sp³-hybridized carbons (Fsp3) is 0.286. The van der Waals surface area contributed by atoms with Crippen molar-refractivity contribution >= 4 is 22.0 Å². The molecule has 0 spiro atoms. The first-order valence-corrected chi connectivity index (χ1v) is 10.6. The van der Waals surface area contributed by atoms with Gasteiger partial charge < -0.3 is 14.4 Å². The third-order valence-electron chi connectivity index (χ3n) is 4.79. The zero-order chi connectivity index (χ0) is 20.9. The molecule has 8 heteroatoms. The van der Waals surface area contributed by atoms with Crippen LogP contribution in [0, 0.1) is 0 Å². The maximum Gasteiger partial charge on any atom is 0.246 e. The third-order valence-corrected chi connectivity index (χ3v) is 6.70. The van der Waals surface area contributed by atoms with Gasteiger partial charge >= 0.3 is 0 Å². The van der Waals surface area contributed by atoms with Crippen LogP contribution in [0.3, 0.4) is 0 Å². The normalized spacial score (nSPS) is 15.4. The molecule has 0 atom stereocenters. The summed E-state index contributed by atoms with van der Waals surface area (Å²) in [6.45, 7) is 1.18. The number of methoxy groups -OCH3 is 2. The van der Waals surface area contributed by atoms with Crippen molar-refractivity contribution in [3.63, 3.8) is 0 Å². The highest BCUT2D eigenvalue weighted by molar-refractivity contribution is 7.89. The Hall–Kier alpha value is -2.84. The summed E-state index contributed by atoms with van der Waals surface area (Å²) >= 11 is 0. The van der Waals surface area contributed by atoms with Gasteiger partial charge in [0.05, 0.1) is 19.1 Å². The van der Waals surface area contributed by atoms with Crippen molar-refractivity contribution in [2.75, 3.05) is 40.4 Å². The van der Waals surface area contributed by atoms with Gasteiger partial charge in [0, 0.05) is 37.8 Å².